The number of nitrogens with zero attached hydrogens (tertiary/aromatic N) is 8. The summed E-state index contributed by atoms with van der Waals surface area (Å²) in [6, 6.07) is 77.3. The van der Waals surface area contributed by atoms with Gasteiger partial charge in [-0.1, -0.05) is 169 Å². The first-order valence-electron chi connectivity index (χ1n) is 26.8. The molecule has 15 rings (SSSR count). The zero-order valence-electron chi connectivity index (χ0n) is 43.8. The van der Waals surface area contributed by atoms with Crippen molar-refractivity contribution in [1.29, 1.82) is 5.26 Å². The first-order chi connectivity index (χ1) is 39.3. The van der Waals surface area contributed by atoms with Crippen LogP contribution < -0.4 is 21.1 Å². The fourth-order valence-corrected chi connectivity index (χ4v) is 12.1. The zero-order chi connectivity index (χ0) is 53.6. The Balaban J connectivity index is 1.04. The Morgan fingerprint density at radius 2 is 0.875 bits per heavy atom. The summed E-state index contributed by atoms with van der Waals surface area (Å²) in [6.45, 7) is 6.28. The van der Waals surface area contributed by atoms with Gasteiger partial charge in [0.15, 0.2) is 34.9 Å². The van der Waals surface area contributed by atoms with E-state index in [0.717, 1.165) is 105 Å². The van der Waals surface area contributed by atoms with Gasteiger partial charge in [0.2, 0.25) is 0 Å². The maximum Gasteiger partial charge on any atom is 0.256 e. The highest BCUT2D eigenvalue weighted by Crippen LogP contribution is 2.43. The highest BCUT2D eigenvalue weighted by molar-refractivity contribution is 6.99. The Morgan fingerprint density at radius 3 is 1.41 bits per heavy atom. The molecule has 0 unspecified atom stereocenters. The lowest BCUT2D eigenvalue weighted by Crippen LogP contribution is -2.58. The van der Waals surface area contributed by atoms with Crippen LogP contribution in [0.5, 0.6) is 11.5 Å². The lowest BCUT2D eigenvalue weighted by Gasteiger charge is -2.34. The molecule has 0 bridgehead atoms. The Labute approximate surface area is 462 Å². The molecule has 0 spiro atoms. The van der Waals surface area contributed by atoms with E-state index in [2.05, 4.69) is 104 Å². The monoisotopic (exact) mass is 1020 g/mol. The van der Waals surface area contributed by atoms with Crippen molar-refractivity contribution in [2.24, 2.45) is 0 Å². The minimum Gasteiger partial charge on any atom is -0.458 e. The number of nitriles is 1. The number of hydrogen-bond donors (Lipinski definition) is 0. The van der Waals surface area contributed by atoms with Crippen LogP contribution in [0, 0.1) is 32.1 Å². The third-order valence-electron chi connectivity index (χ3n) is 15.6. The zero-order valence-corrected chi connectivity index (χ0v) is 43.8. The Morgan fingerprint density at radius 1 is 0.400 bits per heavy atom. The van der Waals surface area contributed by atoms with E-state index in [9.17, 15) is 5.26 Å². The molecular formula is C70H45BN8O. The molecule has 0 amide bonds. The third-order valence-corrected chi connectivity index (χ3v) is 15.6. The van der Waals surface area contributed by atoms with Crippen molar-refractivity contribution >= 4 is 44.9 Å². The number of aryl methyl sites for hydroxylation is 3. The number of hydrogen-bond acceptors (Lipinski definition) is 8. The van der Waals surface area contributed by atoms with Crippen LogP contribution in [0.3, 0.4) is 0 Å². The average molecular weight is 1020 g/mol. The van der Waals surface area contributed by atoms with Gasteiger partial charge in [0.1, 0.15) is 11.5 Å². The quantitative estimate of drug-likeness (QED) is 0.138. The van der Waals surface area contributed by atoms with E-state index in [0.29, 0.717) is 40.5 Å². The first kappa shape index (κ1) is 46.7. The molecule has 0 saturated carbocycles. The van der Waals surface area contributed by atoms with E-state index in [1.807, 2.05) is 146 Å². The molecule has 2 aliphatic rings. The minimum absolute atomic E-state index is 0.280. The van der Waals surface area contributed by atoms with Gasteiger partial charge in [-0.2, -0.15) is 5.26 Å². The maximum atomic E-state index is 9.81. The van der Waals surface area contributed by atoms with Gasteiger partial charge in [-0.15, -0.1) is 0 Å². The van der Waals surface area contributed by atoms with Gasteiger partial charge in [0.05, 0.1) is 17.1 Å². The van der Waals surface area contributed by atoms with Crippen molar-refractivity contribution in [2.45, 2.75) is 20.8 Å². The summed E-state index contributed by atoms with van der Waals surface area (Å²) in [6.07, 6.45) is 0. The molecule has 10 heteroatoms. The molecule has 3 aromatic heterocycles. The van der Waals surface area contributed by atoms with Crippen molar-refractivity contribution in [2.75, 3.05) is 0 Å². The van der Waals surface area contributed by atoms with Crippen LogP contribution in [-0.4, -0.2) is 41.2 Å². The molecule has 0 saturated heterocycles. The van der Waals surface area contributed by atoms with Crippen LogP contribution >= 0.6 is 0 Å². The number of fused-ring (bicyclic) bond motifs is 7. The van der Waals surface area contributed by atoms with Gasteiger partial charge in [-0.3, -0.25) is 0 Å². The maximum absolute atomic E-state index is 9.81. The largest absolute Gasteiger partial charge is 0.458 e. The summed E-state index contributed by atoms with van der Waals surface area (Å²) < 4.78 is 9.61. The normalized spacial score (nSPS) is 12.0. The van der Waals surface area contributed by atoms with Crippen molar-refractivity contribution in [3.8, 4) is 114 Å². The number of rotatable bonds is 8. The van der Waals surface area contributed by atoms with E-state index < -0.39 is 0 Å². The molecule has 0 aliphatic carbocycles. The van der Waals surface area contributed by atoms with Crippen LogP contribution in [0.25, 0.3) is 118 Å². The lowest BCUT2D eigenvalue weighted by molar-refractivity contribution is 0.487. The second-order valence-corrected chi connectivity index (χ2v) is 20.8. The molecule has 5 heterocycles. The number of aromatic nitrogens is 7. The highest BCUT2D eigenvalue weighted by atomic mass is 16.5. The first-order valence-corrected chi connectivity index (χ1v) is 26.8. The second kappa shape index (κ2) is 18.5. The Bertz CT molecular complexity index is 4570. The van der Waals surface area contributed by atoms with E-state index >= 15 is 0 Å². The van der Waals surface area contributed by atoms with Crippen LogP contribution in [0.1, 0.15) is 22.3 Å². The molecular weight excluding hydrogens is 980 g/mol. The van der Waals surface area contributed by atoms with Gasteiger partial charge < -0.3 is 9.30 Å². The molecule has 374 valence electrons. The molecule has 13 aromatic rings. The molecule has 0 fully saturated rings. The van der Waals surface area contributed by atoms with Crippen LogP contribution in [-0.2, 0) is 0 Å². The molecule has 10 aromatic carbocycles. The molecule has 9 nitrogen and oxygen atoms in total. The number of ether oxygens (including phenoxy) is 1. The summed E-state index contributed by atoms with van der Waals surface area (Å²) in [4.78, 5) is 31.2. The van der Waals surface area contributed by atoms with Gasteiger partial charge in [-0.05, 0) is 125 Å². The molecule has 2 aliphatic heterocycles. The summed E-state index contributed by atoms with van der Waals surface area (Å²) in [5.74, 6) is 5.01. The van der Waals surface area contributed by atoms with Gasteiger partial charge >= 0.3 is 0 Å². The van der Waals surface area contributed by atoms with Crippen LogP contribution in [0.4, 0.5) is 0 Å². The Kier molecular flexibility index (Phi) is 10.8. The van der Waals surface area contributed by atoms with Gasteiger partial charge in [-0.25, -0.2) is 29.9 Å². The van der Waals surface area contributed by atoms with Crippen LogP contribution in [0.2, 0.25) is 0 Å². The van der Waals surface area contributed by atoms with Crippen molar-refractivity contribution < 1.29 is 4.74 Å². The smallest absolute Gasteiger partial charge is 0.256 e. The molecule has 80 heavy (non-hydrogen) atoms. The fraction of sp³-hybridized carbons (Fsp3) is 0.0429. The number of benzene rings is 10. The van der Waals surface area contributed by atoms with E-state index in [-0.39, 0.29) is 6.71 Å². The van der Waals surface area contributed by atoms with Crippen molar-refractivity contribution in [1.82, 2.24) is 34.5 Å². The van der Waals surface area contributed by atoms with Gasteiger partial charge in [0.25, 0.3) is 6.71 Å². The summed E-state index contributed by atoms with van der Waals surface area (Å²) in [7, 11) is 0. The van der Waals surface area contributed by atoms with E-state index in [1.54, 1.807) is 0 Å². The van der Waals surface area contributed by atoms with E-state index in [4.69, 9.17) is 34.6 Å². The van der Waals surface area contributed by atoms with Crippen LogP contribution in [0.15, 0.2) is 218 Å². The van der Waals surface area contributed by atoms with Crippen molar-refractivity contribution in [3.05, 3.63) is 241 Å². The predicted octanol–water partition coefficient (Wildman–Crippen LogP) is 14.2. The predicted molar refractivity (Wildman–Crippen MR) is 321 cm³/mol. The minimum atomic E-state index is -0.280. The summed E-state index contributed by atoms with van der Waals surface area (Å²) in [5, 5.41) is 11.8. The average Bonchev–Trinajstić information content (AvgIpc) is 4.06. The third kappa shape index (κ3) is 7.78. The second-order valence-electron chi connectivity index (χ2n) is 20.8. The lowest BCUT2D eigenvalue weighted by atomic mass is 9.34. The molecule has 0 N–H and O–H groups in total. The summed E-state index contributed by atoms with van der Waals surface area (Å²) in [5.41, 5.74) is 20.1. The standard InChI is InChI=1S/C70H45BN8O/c1-41-32-42(2)62(43(3)33-41)50-29-31-60-56(36-50)71-57-37-53(70-77-67(48-20-12-6-13-21-48)74-68(78-70)49-22-14-7-15-23-49)35-55-54-34-51(69-75-65(46-16-8-4-9-17-46)73-66(76-69)47-18-10-5-11-19-47)28-30-58(54)79(64(55)57)59-38-52(39-61(80-60)63(59)71)45-26-24-44(40-72)25-27-45/h4-39H,1-3H3. The van der Waals surface area contributed by atoms with E-state index in [1.165, 1.54) is 22.3 Å². The van der Waals surface area contributed by atoms with Gasteiger partial charge in [0, 0.05) is 55.4 Å². The topological polar surface area (TPSA) is 115 Å². The Hall–Kier alpha value is -10.6. The molecule has 0 radical (unpaired) electrons. The molecule has 0 atom stereocenters. The fourth-order valence-electron chi connectivity index (χ4n) is 12.1. The van der Waals surface area contributed by atoms with Crippen molar-refractivity contribution in [3.63, 3.8) is 0 Å². The summed E-state index contributed by atoms with van der Waals surface area (Å²) >= 11 is 0. The SMILES string of the molecule is Cc1cc(C)c(-c2ccc3c(c2)B2c4c(cc(-c5ccc(C#N)cc5)cc4-n4c5ccc(-c6nc(-c7ccccc7)nc(-c7ccccc7)n6)cc5c5cc(-c6nc(-c7ccccc7)nc(-c7ccccc7)n6)cc2c54)O3)c(C)c1. The highest BCUT2D eigenvalue weighted by Gasteiger charge is 2.42.